The zero-order chi connectivity index (χ0) is 12.1. The Kier molecular flexibility index (Phi) is 3.67. The first-order valence-corrected chi connectivity index (χ1v) is 5.54. The molecule has 0 aliphatic carbocycles. The fourth-order valence-electron chi connectivity index (χ4n) is 1.57. The summed E-state index contributed by atoms with van der Waals surface area (Å²) in [7, 11) is 0. The molecule has 2 N–H and O–H groups in total. The molecule has 1 atom stereocenters. The molecule has 4 nitrogen and oxygen atoms in total. The fourth-order valence-corrected chi connectivity index (χ4v) is 1.57. The van der Waals surface area contributed by atoms with Gasteiger partial charge in [-0.25, -0.2) is 0 Å². The van der Waals surface area contributed by atoms with Crippen molar-refractivity contribution < 1.29 is 5.11 Å². The first-order valence-electron chi connectivity index (χ1n) is 5.54. The minimum atomic E-state index is 0.206. The van der Waals surface area contributed by atoms with E-state index in [1.807, 2.05) is 24.3 Å². The van der Waals surface area contributed by atoms with Crippen molar-refractivity contribution in [2.75, 3.05) is 0 Å². The Morgan fingerprint density at radius 2 is 2.00 bits per heavy atom. The molecule has 1 heterocycles. The summed E-state index contributed by atoms with van der Waals surface area (Å²) >= 11 is 0. The van der Waals surface area contributed by atoms with Crippen molar-refractivity contribution in [2.24, 2.45) is 0 Å². The third-order valence-electron chi connectivity index (χ3n) is 2.61. The van der Waals surface area contributed by atoms with Gasteiger partial charge < -0.3 is 10.4 Å². The number of hydrogen-bond acceptors (Lipinski definition) is 4. The van der Waals surface area contributed by atoms with E-state index in [2.05, 4.69) is 22.4 Å². The average Bonchev–Trinajstić information content (AvgIpc) is 2.38. The second-order valence-corrected chi connectivity index (χ2v) is 3.91. The van der Waals surface area contributed by atoms with Gasteiger partial charge in [-0.15, -0.1) is 0 Å². The number of phenols is 1. The van der Waals surface area contributed by atoms with Gasteiger partial charge in [0.05, 0.1) is 5.69 Å². The number of phenolic OH excluding ortho intramolecular Hbond substituents is 1. The predicted molar refractivity (Wildman–Crippen MR) is 65.4 cm³/mol. The van der Waals surface area contributed by atoms with Crippen molar-refractivity contribution >= 4 is 0 Å². The smallest absolute Gasteiger partial charge is 0.115 e. The van der Waals surface area contributed by atoms with Crippen LogP contribution in [0.3, 0.4) is 0 Å². The van der Waals surface area contributed by atoms with Crippen LogP contribution >= 0.6 is 0 Å². The fraction of sp³-hybridized carbons (Fsp3) is 0.231. The predicted octanol–water partition coefficient (Wildman–Crippen LogP) is 2.03. The molecule has 0 bridgehead atoms. The molecule has 1 aromatic heterocycles. The van der Waals surface area contributed by atoms with Crippen molar-refractivity contribution in [3.05, 3.63) is 53.9 Å². The molecule has 0 saturated carbocycles. The summed E-state index contributed by atoms with van der Waals surface area (Å²) in [4.78, 5) is 0. The molecule has 0 spiro atoms. The number of aromatic nitrogens is 2. The van der Waals surface area contributed by atoms with Crippen LogP contribution in [-0.2, 0) is 6.54 Å². The highest BCUT2D eigenvalue weighted by Crippen LogP contribution is 2.16. The second-order valence-electron chi connectivity index (χ2n) is 3.91. The molecule has 0 aliphatic heterocycles. The van der Waals surface area contributed by atoms with Crippen molar-refractivity contribution in [1.29, 1.82) is 0 Å². The van der Waals surface area contributed by atoms with Gasteiger partial charge >= 0.3 is 0 Å². The van der Waals surface area contributed by atoms with Crippen molar-refractivity contribution in [3.63, 3.8) is 0 Å². The largest absolute Gasteiger partial charge is 0.508 e. The van der Waals surface area contributed by atoms with Crippen LogP contribution in [0.2, 0.25) is 0 Å². The molecule has 0 fully saturated rings. The summed E-state index contributed by atoms with van der Waals surface area (Å²) in [6, 6.07) is 11.2. The Balaban J connectivity index is 1.93. The van der Waals surface area contributed by atoms with E-state index in [1.165, 1.54) is 0 Å². The maximum absolute atomic E-state index is 9.21. The lowest BCUT2D eigenvalue weighted by Crippen LogP contribution is -2.18. The van der Waals surface area contributed by atoms with Gasteiger partial charge in [0.25, 0.3) is 0 Å². The molecular formula is C13H15N3O. The number of hydrogen-bond donors (Lipinski definition) is 2. The molecule has 0 amide bonds. The van der Waals surface area contributed by atoms with Crippen LogP contribution in [0.1, 0.15) is 24.2 Å². The van der Waals surface area contributed by atoms with E-state index < -0.39 is 0 Å². The second kappa shape index (κ2) is 5.41. The molecule has 0 saturated heterocycles. The zero-order valence-electron chi connectivity index (χ0n) is 9.67. The monoisotopic (exact) mass is 229 g/mol. The normalized spacial score (nSPS) is 12.3. The number of nitrogens with one attached hydrogen (secondary N) is 1. The summed E-state index contributed by atoms with van der Waals surface area (Å²) in [6.07, 6.45) is 1.66. The Bertz CT molecular complexity index is 456. The van der Waals surface area contributed by atoms with E-state index in [-0.39, 0.29) is 11.8 Å². The lowest BCUT2D eigenvalue weighted by Gasteiger charge is -2.13. The highest BCUT2D eigenvalue weighted by molar-refractivity contribution is 5.27. The summed E-state index contributed by atoms with van der Waals surface area (Å²) < 4.78 is 0. The van der Waals surface area contributed by atoms with E-state index in [0.717, 1.165) is 11.3 Å². The van der Waals surface area contributed by atoms with Gasteiger partial charge in [-0.1, -0.05) is 12.1 Å². The maximum atomic E-state index is 9.21. The summed E-state index contributed by atoms with van der Waals surface area (Å²) in [5.74, 6) is 0.287. The van der Waals surface area contributed by atoms with Gasteiger partial charge in [0, 0.05) is 18.8 Å². The van der Waals surface area contributed by atoms with Gasteiger partial charge in [-0.3, -0.25) is 0 Å². The van der Waals surface area contributed by atoms with Crippen LogP contribution in [0, 0.1) is 0 Å². The molecule has 0 radical (unpaired) electrons. The van der Waals surface area contributed by atoms with Gasteiger partial charge in [0.2, 0.25) is 0 Å². The molecule has 17 heavy (non-hydrogen) atoms. The highest BCUT2D eigenvalue weighted by Gasteiger charge is 2.04. The van der Waals surface area contributed by atoms with Crippen LogP contribution in [0.5, 0.6) is 5.75 Å². The van der Waals surface area contributed by atoms with Crippen molar-refractivity contribution in [2.45, 2.75) is 19.5 Å². The highest BCUT2D eigenvalue weighted by atomic mass is 16.3. The minimum Gasteiger partial charge on any atom is -0.508 e. The lowest BCUT2D eigenvalue weighted by atomic mass is 10.1. The van der Waals surface area contributed by atoms with Crippen LogP contribution in [0.4, 0.5) is 0 Å². The van der Waals surface area contributed by atoms with Crippen LogP contribution in [-0.4, -0.2) is 15.3 Å². The Hall–Kier alpha value is -1.94. The molecule has 1 unspecified atom stereocenters. The van der Waals surface area contributed by atoms with Gasteiger partial charge in [0.15, 0.2) is 0 Å². The van der Waals surface area contributed by atoms with E-state index in [9.17, 15) is 5.11 Å². The van der Waals surface area contributed by atoms with E-state index in [1.54, 1.807) is 18.3 Å². The third-order valence-corrected chi connectivity index (χ3v) is 2.61. The minimum absolute atomic E-state index is 0.206. The Morgan fingerprint density at radius 1 is 1.24 bits per heavy atom. The maximum Gasteiger partial charge on any atom is 0.115 e. The topological polar surface area (TPSA) is 58.0 Å². The van der Waals surface area contributed by atoms with Crippen molar-refractivity contribution in [3.8, 4) is 5.75 Å². The lowest BCUT2D eigenvalue weighted by molar-refractivity contribution is 0.474. The standard InChI is InChI=1S/C13H15N3O/c1-10(11-4-6-13(17)7-5-11)14-9-12-3-2-8-15-16-12/h2-8,10,14,17H,9H2,1H3. The summed E-state index contributed by atoms with van der Waals surface area (Å²) in [5, 5.41) is 20.4. The summed E-state index contributed by atoms with van der Waals surface area (Å²) in [5.41, 5.74) is 2.05. The Morgan fingerprint density at radius 3 is 2.65 bits per heavy atom. The van der Waals surface area contributed by atoms with Gasteiger partial charge in [-0.2, -0.15) is 10.2 Å². The van der Waals surface area contributed by atoms with Crippen molar-refractivity contribution in [1.82, 2.24) is 15.5 Å². The van der Waals surface area contributed by atoms with Gasteiger partial charge in [-0.05, 0) is 36.8 Å². The van der Waals surface area contributed by atoms with E-state index in [4.69, 9.17) is 0 Å². The Labute approximate surface area is 100 Å². The SMILES string of the molecule is CC(NCc1cccnn1)c1ccc(O)cc1. The molecule has 1 aromatic carbocycles. The summed E-state index contributed by atoms with van der Waals surface area (Å²) in [6.45, 7) is 2.75. The molecule has 88 valence electrons. The van der Waals surface area contributed by atoms with Gasteiger partial charge in [0.1, 0.15) is 5.75 Å². The van der Waals surface area contributed by atoms with E-state index in [0.29, 0.717) is 6.54 Å². The quantitative estimate of drug-likeness (QED) is 0.842. The average molecular weight is 229 g/mol. The van der Waals surface area contributed by atoms with E-state index >= 15 is 0 Å². The zero-order valence-corrected chi connectivity index (χ0v) is 9.67. The number of benzene rings is 1. The molecule has 2 rings (SSSR count). The number of aromatic hydroxyl groups is 1. The number of nitrogens with zero attached hydrogens (tertiary/aromatic N) is 2. The molecular weight excluding hydrogens is 214 g/mol. The van der Waals surface area contributed by atoms with Crippen LogP contribution in [0.15, 0.2) is 42.6 Å². The first-order chi connectivity index (χ1) is 8.25. The van der Waals surface area contributed by atoms with Crippen LogP contribution < -0.4 is 5.32 Å². The third kappa shape index (κ3) is 3.26. The number of rotatable bonds is 4. The molecule has 0 aliphatic rings. The van der Waals surface area contributed by atoms with Crippen LogP contribution in [0.25, 0.3) is 0 Å². The first kappa shape index (κ1) is 11.5. The molecule has 2 aromatic rings. The molecule has 4 heteroatoms.